The molecule has 1 aromatic heterocycles. The molecule has 5 nitrogen and oxygen atoms in total. The molecule has 1 fully saturated rings. The van der Waals surface area contributed by atoms with Crippen LogP contribution >= 0.6 is 0 Å². The Hall–Kier alpha value is -2.79. The molecule has 28 heavy (non-hydrogen) atoms. The van der Waals surface area contributed by atoms with Crippen LogP contribution < -0.4 is 10.6 Å². The summed E-state index contributed by atoms with van der Waals surface area (Å²) in [7, 11) is 0. The molecular weight excluding hydrogens is 350 g/mol. The van der Waals surface area contributed by atoms with E-state index in [-0.39, 0.29) is 18.1 Å². The quantitative estimate of drug-likeness (QED) is 0.690. The summed E-state index contributed by atoms with van der Waals surface area (Å²) in [6.07, 6.45) is 1.94. The van der Waals surface area contributed by atoms with Crippen LogP contribution in [0.25, 0.3) is 11.0 Å². The van der Waals surface area contributed by atoms with Crippen LogP contribution in [0.4, 0.5) is 4.79 Å². The van der Waals surface area contributed by atoms with E-state index in [2.05, 4.69) is 39.8 Å². The van der Waals surface area contributed by atoms with Gasteiger partial charge in [0.1, 0.15) is 11.3 Å². The van der Waals surface area contributed by atoms with Crippen LogP contribution in [0, 0.1) is 0 Å². The molecule has 1 atom stereocenters. The number of rotatable bonds is 5. The van der Waals surface area contributed by atoms with Gasteiger partial charge in [0.25, 0.3) is 0 Å². The normalized spacial score (nSPS) is 16.8. The molecule has 0 aliphatic carbocycles. The van der Waals surface area contributed by atoms with Crippen molar-refractivity contribution in [1.29, 1.82) is 0 Å². The van der Waals surface area contributed by atoms with Crippen LogP contribution in [0.5, 0.6) is 0 Å². The lowest BCUT2D eigenvalue weighted by Crippen LogP contribution is -2.48. The summed E-state index contributed by atoms with van der Waals surface area (Å²) in [4.78, 5) is 14.9. The first-order valence-electron chi connectivity index (χ1n) is 9.99. The standard InChI is InChI=1S/C23H27N3O2/c1-17(22-15-19-9-5-6-10-21(19)28-22)24-23(27)25-20-11-13-26(14-12-20)16-18-7-3-2-4-8-18/h2-10,15,17,20H,11-14,16H2,1H3,(H2,24,25,27). The number of urea groups is 1. The Labute approximate surface area is 165 Å². The van der Waals surface area contributed by atoms with Gasteiger partial charge < -0.3 is 15.1 Å². The van der Waals surface area contributed by atoms with Crippen LogP contribution in [-0.4, -0.2) is 30.1 Å². The van der Waals surface area contributed by atoms with Crippen molar-refractivity contribution in [3.05, 3.63) is 72.0 Å². The van der Waals surface area contributed by atoms with Gasteiger partial charge in [-0.25, -0.2) is 4.79 Å². The summed E-state index contributed by atoms with van der Waals surface area (Å²) in [6.45, 7) is 4.92. The number of benzene rings is 2. The Morgan fingerprint density at radius 3 is 2.57 bits per heavy atom. The second-order valence-electron chi connectivity index (χ2n) is 7.56. The molecule has 146 valence electrons. The van der Waals surface area contributed by atoms with E-state index in [1.807, 2.05) is 43.3 Å². The maximum atomic E-state index is 12.4. The lowest BCUT2D eigenvalue weighted by molar-refractivity contribution is 0.185. The van der Waals surface area contributed by atoms with Crippen LogP contribution in [0.1, 0.15) is 37.1 Å². The first-order chi connectivity index (χ1) is 13.7. The second kappa shape index (κ2) is 8.48. The minimum Gasteiger partial charge on any atom is -0.459 e. The molecule has 2 amide bonds. The van der Waals surface area contributed by atoms with E-state index >= 15 is 0 Å². The van der Waals surface area contributed by atoms with Crippen molar-refractivity contribution in [1.82, 2.24) is 15.5 Å². The minimum atomic E-state index is -0.175. The number of furan rings is 1. The van der Waals surface area contributed by atoms with Crippen LogP contribution in [0.15, 0.2) is 65.1 Å². The van der Waals surface area contributed by atoms with Gasteiger partial charge in [-0.1, -0.05) is 48.5 Å². The Kier molecular flexibility index (Phi) is 5.63. The van der Waals surface area contributed by atoms with Crippen molar-refractivity contribution in [3.63, 3.8) is 0 Å². The predicted octanol–water partition coefficient (Wildman–Crippen LogP) is 4.46. The largest absolute Gasteiger partial charge is 0.459 e. The number of fused-ring (bicyclic) bond motifs is 1. The van der Waals surface area contributed by atoms with Crippen LogP contribution in [0.2, 0.25) is 0 Å². The highest BCUT2D eigenvalue weighted by molar-refractivity contribution is 5.78. The average molecular weight is 377 g/mol. The molecule has 3 aromatic rings. The van der Waals surface area contributed by atoms with E-state index in [1.54, 1.807) is 0 Å². The van der Waals surface area contributed by atoms with E-state index in [0.29, 0.717) is 0 Å². The van der Waals surface area contributed by atoms with Crippen molar-refractivity contribution in [2.45, 2.75) is 38.4 Å². The zero-order chi connectivity index (χ0) is 19.3. The molecule has 2 N–H and O–H groups in total. The molecule has 5 heteroatoms. The molecule has 0 radical (unpaired) electrons. The average Bonchev–Trinajstić information content (AvgIpc) is 3.15. The van der Waals surface area contributed by atoms with Gasteiger partial charge in [0.2, 0.25) is 0 Å². The van der Waals surface area contributed by atoms with E-state index < -0.39 is 0 Å². The number of piperidine rings is 1. The molecule has 2 heterocycles. The monoisotopic (exact) mass is 377 g/mol. The lowest BCUT2D eigenvalue weighted by Gasteiger charge is -2.32. The summed E-state index contributed by atoms with van der Waals surface area (Å²) >= 11 is 0. The molecule has 1 saturated heterocycles. The molecule has 0 bridgehead atoms. The third-order valence-electron chi connectivity index (χ3n) is 5.39. The molecule has 1 aliphatic heterocycles. The minimum absolute atomic E-state index is 0.130. The van der Waals surface area contributed by atoms with Gasteiger partial charge in [-0.15, -0.1) is 0 Å². The van der Waals surface area contributed by atoms with Crippen molar-refractivity contribution in [3.8, 4) is 0 Å². The Morgan fingerprint density at radius 2 is 1.82 bits per heavy atom. The predicted molar refractivity (Wildman–Crippen MR) is 111 cm³/mol. The van der Waals surface area contributed by atoms with Crippen molar-refractivity contribution in [2.75, 3.05) is 13.1 Å². The lowest BCUT2D eigenvalue weighted by atomic mass is 10.0. The Morgan fingerprint density at radius 1 is 1.11 bits per heavy atom. The summed E-state index contributed by atoms with van der Waals surface area (Å²) in [6, 6.07) is 20.3. The number of hydrogen-bond donors (Lipinski definition) is 2. The van der Waals surface area contributed by atoms with E-state index in [1.165, 1.54) is 5.56 Å². The highest BCUT2D eigenvalue weighted by Crippen LogP contribution is 2.23. The second-order valence-corrected chi connectivity index (χ2v) is 7.56. The van der Waals surface area contributed by atoms with Crippen molar-refractivity contribution < 1.29 is 9.21 Å². The Balaban J connectivity index is 1.24. The molecular formula is C23H27N3O2. The number of carbonyl (C=O) groups excluding carboxylic acids is 1. The topological polar surface area (TPSA) is 57.5 Å². The zero-order valence-electron chi connectivity index (χ0n) is 16.2. The van der Waals surface area contributed by atoms with Crippen molar-refractivity contribution >= 4 is 17.0 Å². The van der Waals surface area contributed by atoms with E-state index in [9.17, 15) is 4.79 Å². The fourth-order valence-corrected chi connectivity index (χ4v) is 3.79. The molecule has 0 spiro atoms. The first kappa shape index (κ1) is 18.6. The summed E-state index contributed by atoms with van der Waals surface area (Å²) in [5, 5.41) is 7.17. The number of para-hydroxylation sites is 1. The van der Waals surface area contributed by atoms with Gasteiger partial charge in [-0.05, 0) is 37.5 Å². The first-order valence-corrected chi connectivity index (χ1v) is 9.99. The van der Waals surface area contributed by atoms with Crippen molar-refractivity contribution in [2.24, 2.45) is 0 Å². The molecule has 2 aromatic carbocycles. The zero-order valence-corrected chi connectivity index (χ0v) is 16.2. The van der Waals surface area contributed by atoms with Gasteiger partial charge in [0.15, 0.2) is 0 Å². The van der Waals surface area contributed by atoms with Crippen LogP contribution in [0.3, 0.4) is 0 Å². The summed E-state index contributed by atoms with van der Waals surface area (Å²) in [5.74, 6) is 0.772. The number of nitrogens with zero attached hydrogens (tertiary/aromatic N) is 1. The summed E-state index contributed by atoms with van der Waals surface area (Å²) < 4.78 is 5.84. The van der Waals surface area contributed by atoms with Gasteiger partial charge in [-0.2, -0.15) is 0 Å². The number of carbonyl (C=O) groups is 1. The van der Waals surface area contributed by atoms with E-state index in [0.717, 1.165) is 49.2 Å². The molecule has 0 saturated carbocycles. The maximum absolute atomic E-state index is 12.4. The molecule has 1 unspecified atom stereocenters. The number of hydrogen-bond acceptors (Lipinski definition) is 3. The number of amides is 2. The van der Waals surface area contributed by atoms with Gasteiger partial charge in [0.05, 0.1) is 6.04 Å². The highest BCUT2D eigenvalue weighted by atomic mass is 16.3. The van der Waals surface area contributed by atoms with Crippen LogP contribution in [-0.2, 0) is 6.54 Å². The SMILES string of the molecule is CC(NC(=O)NC1CCN(Cc2ccccc2)CC1)c1cc2ccccc2o1. The Bertz CT molecular complexity index is 881. The van der Waals surface area contributed by atoms with Gasteiger partial charge in [0, 0.05) is 31.1 Å². The van der Waals surface area contributed by atoms with E-state index in [4.69, 9.17) is 4.42 Å². The van der Waals surface area contributed by atoms with Gasteiger partial charge >= 0.3 is 6.03 Å². The maximum Gasteiger partial charge on any atom is 0.315 e. The smallest absolute Gasteiger partial charge is 0.315 e. The molecule has 4 rings (SSSR count). The van der Waals surface area contributed by atoms with Gasteiger partial charge in [-0.3, -0.25) is 4.90 Å². The fraction of sp³-hybridized carbons (Fsp3) is 0.348. The highest BCUT2D eigenvalue weighted by Gasteiger charge is 2.22. The third-order valence-corrected chi connectivity index (χ3v) is 5.39. The number of likely N-dealkylation sites (tertiary alicyclic amines) is 1. The summed E-state index contributed by atoms with van der Waals surface area (Å²) in [5.41, 5.74) is 2.18. The third kappa shape index (κ3) is 4.54. The number of nitrogens with one attached hydrogen (secondary N) is 2. The fourth-order valence-electron chi connectivity index (χ4n) is 3.79. The molecule has 1 aliphatic rings.